The van der Waals surface area contributed by atoms with Crippen molar-refractivity contribution < 1.29 is 14.3 Å². The number of nitrogens with one attached hydrogen (secondary N) is 2. The highest BCUT2D eigenvalue weighted by atomic mass is 16.7. The van der Waals surface area contributed by atoms with E-state index < -0.39 is 0 Å². The molecule has 2 fully saturated rings. The first kappa shape index (κ1) is 14.4. The highest BCUT2D eigenvalue weighted by Gasteiger charge is 2.40. The minimum Gasteiger partial charge on any atom is -0.382 e. The van der Waals surface area contributed by atoms with Crippen LogP contribution in [0.4, 0.5) is 11.4 Å². The van der Waals surface area contributed by atoms with E-state index in [0.29, 0.717) is 6.04 Å². The Labute approximate surface area is 125 Å². The van der Waals surface area contributed by atoms with Crippen LogP contribution < -0.4 is 10.6 Å². The van der Waals surface area contributed by atoms with Crippen molar-refractivity contribution in [2.75, 3.05) is 23.8 Å². The highest BCUT2D eigenvalue weighted by Crippen LogP contribution is 2.36. The molecular weight excluding hydrogens is 268 g/mol. The Hall–Kier alpha value is -1.59. The van der Waals surface area contributed by atoms with Crippen LogP contribution in [0.25, 0.3) is 0 Å². The van der Waals surface area contributed by atoms with E-state index in [1.807, 2.05) is 24.3 Å². The summed E-state index contributed by atoms with van der Waals surface area (Å²) in [6.07, 6.45) is 4.00. The van der Waals surface area contributed by atoms with Crippen LogP contribution in [0, 0.1) is 0 Å². The molecule has 1 spiro atoms. The van der Waals surface area contributed by atoms with Gasteiger partial charge in [-0.25, -0.2) is 0 Å². The van der Waals surface area contributed by atoms with E-state index in [-0.39, 0.29) is 11.7 Å². The Bertz CT molecular complexity index is 485. The molecule has 5 heteroatoms. The van der Waals surface area contributed by atoms with Crippen molar-refractivity contribution >= 4 is 17.3 Å². The maximum Gasteiger partial charge on any atom is 0.221 e. The van der Waals surface area contributed by atoms with Crippen LogP contribution in [0.15, 0.2) is 24.3 Å². The number of hydrogen-bond donors (Lipinski definition) is 2. The summed E-state index contributed by atoms with van der Waals surface area (Å²) in [6, 6.07) is 8.28. The standard InChI is InChI=1S/C16H22N2O3/c1-12(19)17-13-2-4-14(5-3-13)18-15-6-8-16(9-7-15)20-10-11-21-16/h2-5,15,18H,6-11H2,1H3,(H,17,19). The number of ether oxygens (including phenoxy) is 2. The van der Waals surface area contributed by atoms with Gasteiger partial charge in [0.15, 0.2) is 5.79 Å². The largest absolute Gasteiger partial charge is 0.382 e. The zero-order valence-electron chi connectivity index (χ0n) is 12.4. The van der Waals surface area contributed by atoms with Gasteiger partial charge in [0.1, 0.15) is 0 Å². The van der Waals surface area contributed by atoms with Crippen molar-refractivity contribution in [1.29, 1.82) is 0 Å². The zero-order chi connectivity index (χ0) is 14.7. The topological polar surface area (TPSA) is 59.6 Å². The average molecular weight is 290 g/mol. The molecular formula is C16H22N2O3. The molecule has 1 heterocycles. The quantitative estimate of drug-likeness (QED) is 0.898. The van der Waals surface area contributed by atoms with Crippen molar-refractivity contribution in [2.45, 2.75) is 44.4 Å². The molecule has 1 saturated carbocycles. The number of rotatable bonds is 3. The Kier molecular flexibility index (Phi) is 4.12. The monoisotopic (exact) mass is 290 g/mol. The van der Waals surface area contributed by atoms with Gasteiger partial charge in [0.2, 0.25) is 5.91 Å². The van der Waals surface area contributed by atoms with Crippen molar-refractivity contribution in [1.82, 2.24) is 0 Å². The zero-order valence-corrected chi connectivity index (χ0v) is 12.4. The third kappa shape index (κ3) is 3.54. The Morgan fingerprint density at radius 1 is 1.10 bits per heavy atom. The summed E-state index contributed by atoms with van der Waals surface area (Å²) in [4.78, 5) is 11.0. The summed E-state index contributed by atoms with van der Waals surface area (Å²) >= 11 is 0. The molecule has 21 heavy (non-hydrogen) atoms. The molecule has 5 nitrogen and oxygen atoms in total. The van der Waals surface area contributed by atoms with Crippen LogP contribution in [0.2, 0.25) is 0 Å². The van der Waals surface area contributed by atoms with Crippen molar-refractivity contribution in [3.63, 3.8) is 0 Å². The second-order valence-corrected chi connectivity index (χ2v) is 5.78. The van der Waals surface area contributed by atoms with E-state index in [1.54, 1.807) is 0 Å². The third-order valence-corrected chi connectivity index (χ3v) is 4.14. The van der Waals surface area contributed by atoms with Crippen LogP contribution in [-0.2, 0) is 14.3 Å². The van der Waals surface area contributed by atoms with Crippen LogP contribution in [0.1, 0.15) is 32.6 Å². The lowest BCUT2D eigenvalue weighted by molar-refractivity contribution is -0.177. The minimum absolute atomic E-state index is 0.0511. The predicted octanol–water partition coefficient (Wildman–Crippen LogP) is 2.74. The fraction of sp³-hybridized carbons (Fsp3) is 0.562. The lowest BCUT2D eigenvalue weighted by atomic mass is 9.90. The molecule has 0 aromatic heterocycles. The molecule has 114 valence electrons. The maximum absolute atomic E-state index is 11.0. The first-order chi connectivity index (χ1) is 10.2. The molecule has 0 atom stereocenters. The maximum atomic E-state index is 11.0. The molecule has 1 amide bonds. The number of carbonyl (C=O) groups is 1. The summed E-state index contributed by atoms with van der Waals surface area (Å²) in [6.45, 7) is 2.96. The van der Waals surface area contributed by atoms with Crippen molar-refractivity contribution in [3.8, 4) is 0 Å². The lowest BCUT2D eigenvalue weighted by Crippen LogP contribution is -2.39. The number of carbonyl (C=O) groups excluding carboxylic acids is 1. The molecule has 3 rings (SSSR count). The first-order valence-electron chi connectivity index (χ1n) is 7.57. The van der Waals surface area contributed by atoms with Gasteiger partial charge >= 0.3 is 0 Å². The fourth-order valence-corrected chi connectivity index (χ4v) is 3.08. The van der Waals surface area contributed by atoms with Crippen molar-refractivity contribution in [2.24, 2.45) is 0 Å². The predicted molar refractivity (Wildman–Crippen MR) is 81.3 cm³/mol. The SMILES string of the molecule is CC(=O)Nc1ccc(NC2CCC3(CC2)OCCO3)cc1. The summed E-state index contributed by atoms with van der Waals surface area (Å²) in [5, 5.41) is 6.31. The van der Waals surface area contributed by atoms with E-state index in [4.69, 9.17) is 9.47 Å². The average Bonchev–Trinajstić information content (AvgIpc) is 2.92. The number of hydrogen-bond acceptors (Lipinski definition) is 4. The Morgan fingerprint density at radius 2 is 1.67 bits per heavy atom. The van der Waals surface area contributed by atoms with Gasteiger partial charge in [-0.2, -0.15) is 0 Å². The molecule has 1 aromatic rings. The van der Waals surface area contributed by atoms with Gasteiger partial charge in [0, 0.05) is 37.2 Å². The smallest absolute Gasteiger partial charge is 0.221 e. The van der Waals surface area contributed by atoms with Gasteiger partial charge in [0.05, 0.1) is 13.2 Å². The molecule has 1 saturated heterocycles. The molecule has 1 aliphatic heterocycles. The Morgan fingerprint density at radius 3 is 2.24 bits per heavy atom. The molecule has 0 unspecified atom stereocenters. The van der Waals surface area contributed by atoms with Gasteiger partial charge in [0.25, 0.3) is 0 Å². The molecule has 2 aliphatic rings. The van der Waals surface area contributed by atoms with Gasteiger partial charge in [-0.3, -0.25) is 4.79 Å². The van der Waals surface area contributed by atoms with Gasteiger partial charge in [-0.15, -0.1) is 0 Å². The van der Waals surface area contributed by atoms with Crippen LogP contribution >= 0.6 is 0 Å². The second-order valence-electron chi connectivity index (χ2n) is 5.78. The van der Waals surface area contributed by atoms with Gasteiger partial charge in [-0.05, 0) is 37.1 Å². The van der Waals surface area contributed by atoms with E-state index in [1.165, 1.54) is 6.92 Å². The fourth-order valence-electron chi connectivity index (χ4n) is 3.08. The van der Waals surface area contributed by atoms with Crippen LogP contribution in [0.5, 0.6) is 0 Å². The van der Waals surface area contributed by atoms with E-state index in [0.717, 1.165) is 50.3 Å². The number of anilines is 2. The first-order valence-corrected chi connectivity index (χ1v) is 7.57. The molecule has 0 bridgehead atoms. The summed E-state index contributed by atoms with van der Waals surface area (Å²) < 4.78 is 11.5. The second kappa shape index (κ2) is 6.03. The molecule has 0 radical (unpaired) electrons. The minimum atomic E-state index is -0.298. The summed E-state index contributed by atoms with van der Waals surface area (Å²) in [7, 11) is 0. The van der Waals surface area contributed by atoms with Crippen molar-refractivity contribution in [3.05, 3.63) is 24.3 Å². The normalized spacial score (nSPS) is 21.4. The summed E-state index contributed by atoms with van der Waals surface area (Å²) in [5.74, 6) is -0.349. The Balaban J connectivity index is 1.52. The summed E-state index contributed by atoms with van der Waals surface area (Å²) in [5.41, 5.74) is 1.90. The highest BCUT2D eigenvalue weighted by molar-refractivity contribution is 5.88. The molecule has 1 aromatic carbocycles. The van der Waals surface area contributed by atoms with Crippen LogP contribution in [-0.4, -0.2) is 30.9 Å². The van der Waals surface area contributed by atoms with E-state index >= 15 is 0 Å². The van der Waals surface area contributed by atoms with E-state index in [9.17, 15) is 4.79 Å². The lowest BCUT2D eigenvalue weighted by Gasteiger charge is -2.36. The molecule has 2 N–H and O–H groups in total. The molecule has 1 aliphatic carbocycles. The number of benzene rings is 1. The van der Waals surface area contributed by atoms with Crippen LogP contribution in [0.3, 0.4) is 0 Å². The van der Waals surface area contributed by atoms with Gasteiger partial charge in [-0.1, -0.05) is 0 Å². The third-order valence-electron chi connectivity index (χ3n) is 4.14. The van der Waals surface area contributed by atoms with E-state index in [2.05, 4.69) is 10.6 Å². The van der Waals surface area contributed by atoms with Gasteiger partial charge < -0.3 is 20.1 Å². The number of amides is 1.